The summed E-state index contributed by atoms with van der Waals surface area (Å²) < 4.78 is 5.67. The van der Waals surface area contributed by atoms with Gasteiger partial charge in [-0.15, -0.1) is 0 Å². The van der Waals surface area contributed by atoms with Crippen LogP contribution in [-0.4, -0.2) is 36.4 Å². The van der Waals surface area contributed by atoms with Crippen LogP contribution >= 0.6 is 0 Å². The lowest BCUT2D eigenvalue weighted by atomic mass is 9.94. The van der Waals surface area contributed by atoms with E-state index in [1.165, 1.54) is 19.3 Å². The van der Waals surface area contributed by atoms with Gasteiger partial charge in [-0.05, 0) is 37.1 Å². The van der Waals surface area contributed by atoms with E-state index in [4.69, 9.17) is 4.74 Å². The maximum Gasteiger partial charge on any atom is 0.260 e. The Hall–Kier alpha value is -2.82. The normalized spacial score (nSPS) is 14.4. The van der Waals surface area contributed by atoms with Gasteiger partial charge in [-0.3, -0.25) is 9.59 Å². The van der Waals surface area contributed by atoms with Gasteiger partial charge >= 0.3 is 0 Å². The molecule has 1 saturated carbocycles. The number of amides is 2. The Labute approximate surface area is 160 Å². The van der Waals surface area contributed by atoms with E-state index in [1.54, 1.807) is 36.4 Å². The minimum absolute atomic E-state index is 0.00306. The van der Waals surface area contributed by atoms with Gasteiger partial charge in [0.15, 0.2) is 6.61 Å². The molecule has 0 aliphatic heterocycles. The molecule has 1 aliphatic carbocycles. The first-order valence-electron chi connectivity index (χ1n) is 9.48. The average Bonchev–Trinajstić information content (AvgIpc) is 2.73. The second-order valence-electron chi connectivity index (χ2n) is 6.93. The number of ether oxygens (including phenoxy) is 1. The first kappa shape index (κ1) is 19.0. The molecule has 2 aromatic carbocycles. The van der Waals surface area contributed by atoms with Crippen LogP contribution in [0.1, 0.15) is 42.5 Å². The Kier molecular flexibility index (Phi) is 6.47. The third-order valence-electron chi connectivity index (χ3n) is 5.01. The van der Waals surface area contributed by atoms with Gasteiger partial charge in [-0.2, -0.15) is 0 Å². The lowest BCUT2D eigenvalue weighted by Crippen LogP contribution is -2.40. The second-order valence-corrected chi connectivity index (χ2v) is 6.93. The van der Waals surface area contributed by atoms with Gasteiger partial charge in [0, 0.05) is 30.4 Å². The van der Waals surface area contributed by atoms with Gasteiger partial charge in [0.1, 0.15) is 5.75 Å². The summed E-state index contributed by atoms with van der Waals surface area (Å²) in [7, 11) is 1.86. The topological polar surface area (TPSA) is 58.6 Å². The third-order valence-corrected chi connectivity index (χ3v) is 5.01. The van der Waals surface area contributed by atoms with Crippen LogP contribution in [0.4, 0.5) is 5.69 Å². The van der Waals surface area contributed by atoms with Gasteiger partial charge in [0.05, 0.1) is 0 Å². The fourth-order valence-corrected chi connectivity index (χ4v) is 3.38. The van der Waals surface area contributed by atoms with Crippen molar-refractivity contribution in [3.05, 3.63) is 60.2 Å². The Morgan fingerprint density at radius 3 is 2.52 bits per heavy atom. The van der Waals surface area contributed by atoms with Gasteiger partial charge in [-0.25, -0.2) is 0 Å². The number of anilines is 1. The fraction of sp³-hybridized carbons (Fsp3) is 0.364. The average molecular weight is 366 g/mol. The number of likely N-dealkylation sites (N-methyl/N-ethyl adjacent to an activating group) is 1. The van der Waals surface area contributed by atoms with E-state index in [0.29, 0.717) is 23.0 Å². The Morgan fingerprint density at radius 1 is 1.04 bits per heavy atom. The lowest BCUT2D eigenvalue weighted by Gasteiger charge is -2.31. The molecular formula is C22H26N2O3. The number of benzene rings is 2. The number of nitrogens with zero attached hydrogens (tertiary/aromatic N) is 1. The molecule has 0 spiro atoms. The summed E-state index contributed by atoms with van der Waals surface area (Å²) in [5.74, 6) is 0.368. The molecule has 0 unspecified atom stereocenters. The molecule has 142 valence electrons. The predicted octanol–water partition coefficient (Wildman–Crippen LogP) is 4.11. The van der Waals surface area contributed by atoms with Crippen molar-refractivity contribution < 1.29 is 14.3 Å². The van der Waals surface area contributed by atoms with Crippen LogP contribution in [0.5, 0.6) is 5.75 Å². The summed E-state index contributed by atoms with van der Waals surface area (Å²) in [4.78, 5) is 26.5. The van der Waals surface area contributed by atoms with Crippen LogP contribution in [0, 0.1) is 0 Å². The van der Waals surface area contributed by atoms with E-state index in [-0.39, 0.29) is 18.4 Å². The summed E-state index contributed by atoms with van der Waals surface area (Å²) in [5.41, 5.74) is 1.22. The Bertz CT molecular complexity index is 770. The quantitative estimate of drug-likeness (QED) is 0.837. The highest BCUT2D eigenvalue weighted by molar-refractivity contribution is 6.04. The molecule has 1 aliphatic rings. The van der Waals surface area contributed by atoms with E-state index in [9.17, 15) is 9.59 Å². The molecule has 0 bridgehead atoms. The van der Waals surface area contributed by atoms with Crippen molar-refractivity contribution in [1.29, 1.82) is 0 Å². The van der Waals surface area contributed by atoms with E-state index >= 15 is 0 Å². The van der Waals surface area contributed by atoms with Crippen molar-refractivity contribution in [3.63, 3.8) is 0 Å². The van der Waals surface area contributed by atoms with Crippen molar-refractivity contribution in [2.75, 3.05) is 19.0 Å². The molecular weight excluding hydrogens is 340 g/mol. The SMILES string of the molecule is CN(C(=O)COc1cccc(NC(=O)c2ccccc2)c1)C1CCCCC1. The molecule has 5 heteroatoms. The van der Waals surface area contributed by atoms with E-state index in [1.807, 2.05) is 30.1 Å². The first-order chi connectivity index (χ1) is 13.1. The minimum atomic E-state index is -0.180. The number of carbonyl (C=O) groups excluding carboxylic acids is 2. The number of carbonyl (C=O) groups is 2. The first-order valence-corrected chi connectivity index (χ1v) is 9.48. The molecule has 0 saturated heterocycles. The van der Waals surface area contributed by atoms with Gasteiger partial charge < -0.3 is 15.0 Å². The van der Waals surface area contributed by atoms with Crippen LogP contribution in [0.15, 0.2) is 54.6 Å². The molecule has 1 N–H and O–H groups in total. The molecule has 0 aromatic heterocycles. The van der Waals surface area contributed by atoms with E-state index in [0.717, 1.165) is 12.8 Å². The molecule has 0 radical (unpaired) electrons. The van der Waals surface area contributed by atoms with Crippen molar-refractivity contribution in [1.82, 2.24) is 4.90 Å². The summed E-state index contributed by atoms with van der Waals surface area (Å²) in [6.45, 7) is 0.00306. The van der Waals surface area contributed by atoms with Crippen molar-refractivity contribution in [2.45, 2.75) is 38.1 Å². The highest BCUT2D eigenvalue weighted by Crippen LogP contribution is 2.22. The Morgan fingerprint density at radius 2 is 1.78 bits per heavy atom. The van der Waals surface area contributed by atoms with Gasteiger partial charge in [-0.1, -0.05) is 43.5 Å². The summed E-state index contributed by atoms with van der Waals surface area (Å²) >= 11 is 0. The molecule has 27 heavy (non-hydrogen) atoms. The van der Waals surface area contributed by atoms with Crippen molar-refractivity contribution in [2.24, 2.45) is 0 Å². The molecule has 0 heterocycles. The molecule has 3 rings (SSSR count). The fourth-order valence-electron chi connectivity index (χ4n) is 3.38. The number of rotatable bonds is 6. The molecule has 0 atom stereocenters. The summed E-state index contributed by atoms with van der Waals surface area (Å²) in [6.07, 6.45) is 5.78. The highest BCUT2D eigenvalue weighted by atomic mass is 16.5. The molecule has 2 aromatic rings. The number of hydrogen-bond acceptors (Lipinski definition) is 3. The number of hydrogen-bond donors (Lipinski definition) is 1. The van der Waals surface area contributed by atoms with Gasteiger partial charge in [0.25, 0.3) is 11.8 Å². The predicted molar refractivity (Wildman–Crippen MR) is 106 cm³/mol. The van der Waals surface area contributed by atoms with E-state index in [2.05, 4.69) is 5.32 Å². The molecule has 5 nitrogen and oxygen atoms in total. The van der Waals surface area contributed by atoms with Crippen molar-refractivity contribution >= 4 is 17.5 Å². The largest absolute Gasteiger partial charge is 0.484 e. The van der Waals surface area contributed by atoms with E-state index < -0.39 is 0 Å². The smallest absolute Gasteiger partial charge is 0.260 e. The van der Waals surface area contributed by atoms with Crippen LogP contribution in [-0.2, 0) is 4.79 Å². The summed E-state index contributed by atoms with van der Waals surface area (Å²) in [5, 5.41) is 2.85. The zero-order valence-electron chi connectivity index (χ0n) is 15.7. The maximum absolute atomic E-state index is 12.4. The monoisotopic (exact) mass is 366 g/mol. The van der Waals surface area contributed by atoms with Crippen LogP contribution in [0.2, 0.25) is 0 Å². The Balaban J connectivity index is 1.54. The number of nitrogens with one attached hydrogen (secondary N) is 1. The zero-order chi connectivity index (χ0) is 19.1. The molecule has 1 fully saturated rings. The standard InChI is InChI=1S/C22H26N2O3/c1-24(19-12-6-3-7-13-19)21(25)16-27-20-14-8-11-18(15-20)23-22(26)17-9-4-2-5-10-17/h2,4-5,8-11,14-15,19H,3,6-7,12-13,16H2,1H3,(H,23,26). The van der Waals surface area contributed by atoms with Gasteiger partial charge in [0.2, 0.25) is 0 Å². The van der Waals surface area contributed by atoms with Crippen LogP contribution < -0.4 is 10.1 Å². The molecule has 2 amide bonds. The summed E-state index contributed by atoms with van der Waals surface area (Å²) in [6, 6.07) is 16.5. The highest BCUT2D eigenvalue weighted by Gasteiger charge is 2.22. The lowest BCUT2D eigenvalue weighted by molar-refractivity contribution is -0.134. The van der Waals surface area contributed by atoms with Crippen molar-refractivity contribution in [3.8, 4) is 5.75 Å². The van der Waals surface area contributed by atoms with Crippen LogP contribution in [0.25, 0.3) is 0 Å². The second kappa shape index (κ2) is 9.21. The zero-order valence-corrected chi connectivity index (χ0v) is 15.7. The van der Waals surface area contributed by atoms with Crippen LogP contribution in [0.3, 0.4) is 0 Å². The maximum atomic E-state index is 12.4. The minimum Gasteiger partial charge on any atom is -0.484 e. The third kappa shape index (κ3) is 5.33.